The monoisotopic (exact) mass is 426 g/mol. The number of benzene rings is 1. The molecule has 2 aromatic rings. The van der Waals surface area contributed by atoms with Gasteiger partial charge in [-0.2, -0.15) is 0 Å². The summed E-state index contributed by atoms with van der Waals surface area (Å²) in [7, 11) is 1.73. The van der Waals surface area contributed by atoms with Crippen molar-refractivity contribution in [2.75, 3.05) is 26.7 Å². The van der Waals surface area contributed by atoms with Crippen molar-refractivity contribution in [3.63, 3.8) is 0 Å². The molecule has 0 amide bonds. The Kier molecular flexibility index (Phi) is 6.33. The summed E-state index contributed by atoms with van der Waals surface area (Å²) in [4.78, 5) is 7.08. The minimum Gasteiger partial charge on any atom is -0.438 e. The zero-order valence-corrected chi connectivity index (χ0v) is 18.6. The standard InChI is InChI=1S/C28H30N2O2/c1-31-26-12-5-13-27-25(26)20-23(24-11-6-16-29-28(24)32-27)10-7-17-30-18-14-22(15-19-30)21-8-3-2-4-9-21/h2-6,8-13,16,20,22,26H,7,14-15,17-19H2,1H3. The van der Waals surface area contributed by atoms with Gasteiger partial charge in [-0.3, -0.25) is 0 Å². The summed E-state index contributed by atoms with van der Waals surface area (Å²) < 4.78 is 11.9. The molecule has 1 unspecified atom stereocenters. The molecule has 1 fully saturated rings. The van der Waals surface area contributed by atoms with Gasteiger partial charge in [0.1, 0.15) is 11.9 Å². The second kappa shape index (κ2) is 9.68. The molecule has 1 atom stereocenters. The van der Waals surface area contributed by atoms with Crippen LogP contribution in [0.1, 0.15) is 36.3 Å². The number of likely N-dealkylation sites (tertiary alicyclic amines) is 1. The highest BCUT2D eigenvalue weighted by molar-refractivity contribution is 5.80. The van der Waals surface area contributed by atoms with Crippen molar-refractivity contribution < 1.29 is 9.47 Å². The zero-order valence-electron chi connectivity index (χ0n) is 18.6. The normalized spacial score (nSPS) is 22.4. The van der Waals surface area contributed by atoms with Gasteiger partial charge in [0.2, 0.25) is 5.88 Å². The van der Waals surface area contributed by atoms with Crippen LogP contribution in [0.15, 0.2) is 90.4 Å². The molecule has 1 aliphatic carbocycles. The lowest BCUT2D eigenvalue weighted by Gasteiger charge is -2.32. The molecule has 0 saturated carbocycles. The maximum atomic E-state index is 6.17. The highest BCUT2D eigenvalue weighted by atomic mass is 16.5. The van der Waals surface area contributed by atoms with Crippen LogP contribution in [0.3, 0.4) is 0 Å². The highest BCUT2D eigenvalue weighted by Gasteiger charge is 2.25. The summed E-state index contributed by atoms with van der Waals surface area (Å²) in [6.07, 6.45) is 15.7. The third-order valence-electron chi connectivity index (χ3n) is 6.65. The molecule has 164 valence electrons. The van der Waals surface area contributed by atoms with Crippen molar-refractivity contribution >= 4 is 5.57 Å². The number of pyridine rings is 1. The number of ether oxygens (including phenoxy) is 2. The lowest BCUT2D eigenvalue weighted by Crippen LogP contribution is -2.33. The molecular weight excluding hydrogens is 396 g/mol. The molecule has 4 heteroatoms. The topological polar surface area (TPSA) is 34.6 Å². The molecule has 2 aliphatic heterocycles. The fourth-order valence-electron chi connectivity index (χ4n) is 4.86. The second-order valence-electron chi connectivity index (χ2n) is 8.60. The number of piperidine rings is 1. The average molecular weight is 427 g/mol. The first-order chi connectivity index (χ1) is 15.8. The van der Waals surface area contributed by atoms with Gasteiger partial charge in [0.25, 0.3) is 0 Å². The second-order valence-corrected chi connectivity index (χ2v) is 8.60. The number of methoxy groups -OCH3 is 1. The van der Waals surface area contributed by atoms with Gasteiger partial charge in [-0.1, -0.05) is 48.6 Å². The Morgan fingerprint density at radius 3 is 2.78 bits per heavy atom. The van der Waals surface area contributed by atoms with Gasteiger partial charge in [0.15, 0.2) is 0 Å². The summed E-state index contributed by atoms with van der Waals surface area (Å²) in [5.74, 6) is 2.17. The lowest BCUT2D eigenvalue weighted by atomic mass is 9.89. The van der Waals surface area contributed by atoms with Crippen molar-refractivity contribution in [2.45, 2.75) is 31.3 Å². The van der Waals surface area contributed by atoms with E-state index in [0.29, 0.717) is 11.8 Å². The van der Waals surface area contributed by atoms with E-state index in [1.807, 2.05) is 18.2 Å². The van der Waals surface area contributed by atoms with Crippen LogP contribution in [-0.2, 0) is 4.74 Å². The first kappa shape index (κ1) is 20.9. The van der Waals surface area contributed by atoms with Crippen molar-refractivity contribution in [2.24, 2.45) is 0 Å². The van der Waals surface area contributed by atoms with Crippen LogP contribution in [0.4, 0.5) is 0 Å². The van der Waals surface area contributed by atoms with E-state index < -0.39 is 0 Å². The Bertz CT molecular complexity index is 1060. The van der Waals surface area contributed by atoms with Gasteiger partial charge in [-0.25, -0.2) is 4.98 Å². The zero-order chi connectivity index (χ0) is 21.8. The van der Waals surface area contributed by atoms with E-state index in [9.17, 15) is 0 Å². The largest absolute Gasteiger partial charge is 0.438 e. The molecule has 1 aromatic heterocycles. The molecule has 32 heavy (non-hydrogen) atoms. The highest BCUT2D eigenvalue weighted by Crippen LogP contribution is 2.36. The van der Waals surface area contributed by atoms with Gasteiger partial charge in [-0.15, -0.1) is 0 Å². The minimum atomic E-state index is -0.107. The summed E-state index contributed by atoms with van der Waals surface area (Å²) in [6, 6.07) is 15.0. The molecule has 0 bridgehead atoms. The van der Waals surface area contributed by atoms with Gasteiger partial charge in [0.05, 0.1) is 0 Å². The van der Waals surface area contributed by atoms with Gasteiger partial charge >= 0.3 is 0 Å². The lowest BCUT2D eigenvalue weighted by molar-refractivity contribution is 0.164. The quantitative estimate of drug-likeness (QED) is 0.630. The van der Waals surface area contributed by atoms with E-state index in [-0.39, 0.29) is 6.10 Å². The van der Waals surface area contributed by atoms with Crippen molar-refractivity contribution in [3.8, 4) is 5.88 Å². The summed E-state index contributed by atoms with van der Waals surface area (Å²) in [6.45, 7) is 3.39. The maximum absolute atomic E-state index is 6.17. The van der Waals surface area contributed by atoms with Gasteiger partial charge < -0.3 is 14.4 Å². The number of fused-ring (bicyclic) bond motifs is 2. The van der Waals surface area contributed by atoms with Crippen LogP contribution in [-0.4, -0.2) is 42.7 Å². The predicted molar refractivity (Wildman–Crippen MR) is 128 cm³/mol. The molecule has 0 radical (unpaired) electrons. The Morgan fingerprint density at radius 2 is 1.97 bits per heavy atom. The molecule has 3 aliphatic rings. The number of aromatic nitrogens is 1. The molecule has 0 N–H and O–H groups in total. The van der Waals surface area contributed by atoms with Gasteiger partial charge in [-0.05, 0) is 73.7 Å². The third kappa shape index (κ3) is 4.47. The van der Waals surface area contributed by atoms with Crippen LogP contribution in [0.2, 0.25) is 0 Å². The Balaban J connectivity index is 1.29. The first-order valence-corrected chi connectivity index (χ1v) is 11.6. The van der Waals surface area contributed by atoms with E-state index in [1.54, 1.807) is 13.3 Å². The molecular formula is C28H30N2O2. The average Bonchev–Trinajstić information content (AvgIpc) is 3.01. The molecule has 0 spiro atoms. The smallest absolute Gasteiger partial charge is 0.227 e. The van der Waals surface area contributed by atoms with Crippen LogP contribution < -0.4 is 4.74 Å². The van der Waals surface area contributed by atoms with Crippen molar-refractivity contribution in [3.05, 3.63) is 102 Å². The Labute approximate surface area is 190 Å². The van der Waals surface area contributed by atoms with Crippen LogP contribution >= 0.6 is 0 Å². The summed E-state index contributed by atoms with van der Waals surface area (Å²) >= 11 is 0. The van der Waals surface area contributed by atoms with E-state index in [4.69, 9.17) is 9.47 Å². The van der Waals surface area contributed by atoms with Crippen molar-refractivity contribution in [1.29, 1.82) is 0 Å². The summed E-state index contributed by atoms with van der Waals surface area (Å²) in [5, 5.41) is 0. The van der Waals surface area contributed by atoms with Crippen molar-refractivity contribution in [1.82, 2.24) is 9.88 Å². The van der Waals surface area contributed by atoms with Crippen LogP contribution in [0.25, 0.3) is 5.57 Å². The molecule has 3 heterocycles. The molecule has 1 saturated heterocycles. The number of allylic oxidation sites excluding steroid dienone is 4. The predicted octanol–water partition coefficient (Wildman–Crippen LogP) is 5.52. The molecule has 5 rings (SSSR count). The third-order valence-corrected chi connectivity index (χ3v) is 6.65. The van der Waals surface area contributed by atoms with E-state index >= 15 is 0 Å². The van der Waals surface area contributed by atoms with Gasteiger partial charge in [0, 0.05) is 31.0 Å². The number of hydrogen-bond donors (Lipinski definition) is 0. The van der Waals surface area contributed by atoms with Crippen LogP contribution in [0, 0.1) is 0 Å². The maximum Gasteiger partial charge on any atom is 0.227 e. The first-order valence-electron chi connectivity index (χ1n) is 11.6. The fraction of sp³-hybridized carbons (Fsp3) is 0.321. The molecule has 4 nitrogen and oxygen atoms in total. The minimum absolute atomic E-state index is 0.107. The van der Waals surface area contributed by atoms with E-state index in [0.717, 1.165) is 48.5 Å². The fourth-order valence-corrected chi connectivity index (χ4v) is 4.86. The Morgan fingerprint density at radius 1 is 1.12 bits per heavy atom. The summed E-state index contributed by atoms with van der Waals surface area (Å²) in [5.41, 5.74) is 4.72. The SMILES string of the molecule is COC1C=CC=C2Oc3ncccc3C(=CCCN3CCC(c4ccccc4)CC3)C=C21. The van der Waals surface area contributed by atoms with E-state index in [1.165, 1.54) is 18.4 Å². The van der Waals surface area contributed by atoms with Crippen LogP contribution in [0.5, 0.6) is 5.88 Å². The number of nitrogens with zero attached hydrogens (tertiary/aromatic N) is 2. The number of rotatable bonds is 5. The molecule has 1 aromatic carbocycles. The number of hydrogen-bond acceptors (Lipinski definition) is 4. The Hall–Kier alpha value is -2.95. The van der Waals surface area contributed by atoms with E-state index in [2.05, 4.69) is 64.5 Å².